The molecule has 3 heteroatoms. The summed E-state index contributed by atoms with van der Waals surface area (Å²) in [6.07, 6.45) is 6.47. The average molecular weight is 163 g/mol. The minimum Gasteiger partial charge on any atom is -0.325 e. The van der Waals surface area contributed by atoms with Crippen molar-refractivity contribution in [2.45, 2.75) is 32.2 Å². The van der Waals surface area contributed by atoms with Crippen molar-refractivity contribution in [3.05, 3.63) is 23.3 Å². The van der Waals surface area contributed by atoms with Crippen LogP contribution in [0.25, 0.3) is 0 Å². The van der Waals surface area contributed by atoms with E-state index >= 15 is 0 Å². The van der Waals surface area contributed by atoms with Crippen LogP contribution in [0, 0.1) is 0 Å². The van der Waals surface area contributed by atoms with Gasteiger partial charge in [0.05, 0.1) is 23.3 Å². The summed E-state index contributed by atoms with van der Waals surface area (Å²) < 4.78 is 0. The second kappa shape index (κ2) is 3.19. The van der Waals surface area contributed by atoms with Gasteiger partial charge in [0.2, 0.25) is 0 Å². The molecule has 3 nitrogen and oxygen atoms in total. The fourth-order valence-electron chi connectivity index (χ4n) is 1.59. The zero-order chi connectivity index (χ0) is 8.39. The molecule has 0 saturated carbocycles. The summed E-state index contributed by atoms with van der Waals surface area (Å²) >= 11 is 0. The lowest BCUT2D eigenvalue weighted by Crippen LogP contribution is -2.11. The van der Waals surface area contributed by atoms with E-state index in [2.05, 4.69) is 9.97 Å². The number of aromatic nitrogens is 2. The second-order valence-electron chi connectivity index (χ2n) is 3.17. The van der Waals surface area contributed by atoms with Gasteiger partial charge in [-0.3, -0.25) is 9.97 Å². The number of nitrogens with two attached hydrogens (primary N) is 1. The Hall–Kier alpha value is -0.960. The van der Waals surface area contributed by atoms with Crippen LogP contribution in [0.1, 0.15) is 29.9 Å². The summed E-state index contributed by atoms with van der Waals surface area (Å²) in [6, 6.07) is 0. The predicted octanol–water partition coefficient (Wildman–Crippen LogP) is 0.814. The molecule has 2 N–H and O–H groups in total. The summed E-state index contributed by atoms with van der Waals surface area (Å²) in [5, 5.41) is 0. The molecule has 0 aromatic carbocycles. The number of hydrogen-bond acceptors (Lipinski definition) is 3. The zero-order valence-electron chi connectivity index (χ0n) is 7.08. The highest BCUT2D eigenvalue weighted by Crippen LogP contribution is 2.16. The lowest BCUT2D eigenvalue weighted by atomic mass is 10.0. The van der Waals surface area contributed by atoms with Gasteiger partial charge < -0.3 is 5.73 Å². The van der Waals surface area contributed by atoms with Crippen LogP contribution in [0.5, 0.6) is 0 Å². The number of nitrogens with zero attached hydrogens (tertiary/aromatic N) is 2. The minimum absolute atomic E-state index is 0.500. The maximum Gasteiger partial charge on any atom is 0.0725 e. The zero-order valence-corrected chi connectivity index (χ0v) is 7.08. The van der Waals surface area contributed by atoms with E-state index < -0.39 is 0 Å². The van der Waals surface area contributed by atoms with Crippen molar-refractivity contribution in [2.24, 2.45) is 5.73 Å². The van der Waals surface area contributed by atoms with Gasteiger partial charge in [-0.05, 0) is 25.7 Å². The van der Waals surface area contributed by atoms with E-state index in [0.717, 1.165) is 18.5 Å². The van der Waals surface area contributed by atoms with Gasteiger partial charge in [0.1, 0.15) is 0 Å². The van der Waals surface area contributed by atoms with Crippen molar-refractivity contribution in [2.75, 3.05) is 0 Å². The van der Waals surface area contributed by atoms with Gasteiger partial charge in [0.25, 0.3) is 0 Å². The largest absolute Gasteiger partial charge is 0.325 e. The first-order chi connectivity index (χ1) is 5.90. The molecular formula is C9H13N3. The Labute approximate surface area is 72.0 Å². The van der Waals surface area contributed by atoms with E-state index in [1.165, 1.54) is 24.2 Å². The molecule has 0 saturated heterocycles. The van der Waals surface area contributed by atoms with Crippen molar-refractivity contribution in [3.63, 3.8) is 0 Å². The number of fused-ring (bicyclic) bond motifs is 1. The molecule has 0 bridgehead atoms. The third-order valence-electron chi connectivity index (χ3n) is 2.27. The fraction of sp³-hybridized carbons (Fsp3) is 0.556. The molecule has 2 rings (SSSR count). The molecule has 64 valence electrons. The molecule has 1 aromatic rings. The third-order valence-corrected chi connectivity index (χ3v) is 2.27. The molecule has 0 atom stereocenters. The Bertz CT molecular complexity index is 283. The number of rotatable bonds is 1. The highest BCUT2D eigenvalue weighted by molar-refractivity contribution is 5.16. The molecule has 0 aliphatic heterocycles. The van der Waals surface area contributed by atoms with Crippen LogP contribution >= 0.6 is 0 Å². The van der Waals surface area contributed by atoms with Crippen molar-refractivity contribution in [1.82, 2.24) is 9.97 Å². The molecule has 1 aliphatic rings. The molecular weight excluding hydrogens is 150 g/mol. The van der Waals surface area contributed by atoms with Gasteiger partial charge in [-0.1, -0.05) is 0 Å². The third kappa shape index (κ3) is 1.32. The average Bonchev–Trinajstić information content (AvgIpc) is 2.17. The molecule has 1 aliphatic carbocycles. The monoisotopic (exact) mass is 163 g/mol. The Balaban J connectivity index is 2.36. The highest BCUT2D eigenvalue weighted by Gasteiger charge is 2.11. The van der Waals surface area contributed by atoms with Crippen LogP contribution in [0.4, 0.5) is 0 Å². The van der Waals surface area contributed by atoms with Crippen LogP contribution in [-0.2, 0) is 19.4 Å². The molecule has 12 heavy (non-hydrogen) atoms. The van der Waals surface area contributed by atoms with E-state index in [1.807, 2.05) is 0 Å². The fourth-order valence-corrected chi connectivity index (χ4v) is 1.59. The Morgan fingerprint density at radius 3 is 2.75 bits per heavy atom. The van der Waals surface area contributed by atoms with Crippen molar-refractivity contribution >= 4 is 0 Å². The Kier molecular flexibility index (Phi) is 2.04. The van der Waals surface area contributed by atoms with Gasteiger partial charge >= 0.3 is 0 Å². The SMILES string of the molecule is NCc1cnc2c(n1)CCCC2. The first kappa shape index (κ1) is 7.68. The minimum atomic E-state index is 0.500. The molecule has 0 fully saturated rings. The maximum atomic E-state index is 5.48. The van der Waals surface area contributed by atoms with Crippen molar-refractivity contribution in [1.29, 1.82) is 0 Å². The first-order valence-corrected chi connectivity index (χ1v) is 4.44. The van der Waals surface area contributed by atoms with Gasteiger partial charge in [-0.15, -0.1) is 0 Å². The van der Waals surface area contributed by atoms with E-state index in [1.54, 1.807) is 6.20 Å². The standard InChI is InChI=1S/C9H13N3/c10-5-7-6-11-8-3-1-2-4-9(8)12-7/h6H,1-5,10H2. The van der Waals surface area contributed by atoms with Crippen molar-refractivity contribution in [3.8, 4) is 0 Å². The van der Waals surface area contributed by atoms with Gasteiger partial charge in [-0.2, -0.15) is 0 Å². The van der Waals surface area contributed by atoms with Crippen LogP contribution in [0.3, 0.4) is 0 Å². The van der Waals surface area contributed by atoms with E-state index in [9.17, 15) is 0 Å². The van der Waals surface area contributed by atoms with Gasteiger partial charge in [0.15, 0.2) is 0 Å². The lowest BCUT2D eigenvalue weighted by molar-refractivity contribution is 0.642. The molecule has 0 unspecified atom stereocenters. The molecule has 0 amide bonds. The van der Waals surface area contributed by atoms with Crippen LogP contribution in [-0.4, -0.2) is 9.97 Å². The summed E-state index contributed by atoms with van der Waals surface area (Å²) in [5.41, 5.74) is 8.74. The normalized spacial score (nSPS) is 15.8. The highest BCUT2D eigenvalue weighted by atomic mass is 14.8. The summed E-state index contributed by atoms with van der Waals surface area (Å²) in [6.45, 7) is 0.500. The predicted molar refractivity (Wildman–Crippen MR) is 46.6 cm³/mol. The van der Waals surface area contributed by atoms with Crippen LogP contribution in [0.15, 0.2) is 6.20 Å². The Morgan fingerprint density at radius 1 is 1.25 bits per heavy atom. The van der Waals surface area contributed by atoms with Gasteiger partial charge in [0, 0.05) is 6.54 Å². The molecule has 1 aromatic heterocycles. The van der Waals surface area contributed by atoms with Crippen molar-refractivity contribution < 1.29 is 0 Å². The van der Waals surface area contributed by atoms with Crippen LogP contribution in [0.2, 0.25) is 0 Å². The van der Waals surface area contributed by atoms with E-state index in [4.69, 9.17) is 5.73 Å². The maximum absolute atomic E-state index is 5.48. The summed E-state index contributed by atoms with van der Waals surface area (Å²) in [7, 11) is 0. The van der Waals surface area contributed by atoms with E-state index in [-0.39, 0.29) is 0 Å². The molecule has 0 radical (unpaired) electrons. The molecule has 1 heterocycles. The van der Waals surface area contributed by atoms with Crippen LogP contribution < -0.4 is 5.73 Å². The van der Waals surface area contributed by atoms with Gasteiger partial charge in [-0.25, -0.2) is 0 Å². The lowest BCUT2D eigenvalue weighted by Gasteiger charge is -2.13. The quantitative estimate of drug-likeness (QED) is 0.666. The first-order valence-electron chi connectivity index (χ1n) is 4.44. The Morgan fingerprint density at radius 2 is 2.00 bits per heavy atom. The second-order valence-corrected chi connectivity index (χ2v) is 3.17. The van der Waals surface area contributed by atoms with E-state index in [0.29, 0.717) is 6.54 Å². The summed E-state index contributed by atoms with van der Waals surface area (Å²) in [4.78, 5) is 8.79. The summed E-state index contributed by atoms with van der Waals surface area (Å²) in [5.74, 6) is 0. The molecule has 0 spiro atoms. The number of hydrogen-bond donors (Lipinski definition) is 1. The topological polar surface area (TPSA) is 51.8 Å². The smallest absolute Gasteiger partial charge is 0.0725 e. The number of aryl methyl sites for hydroxylation is 2.